The molecule has 1 saturated carbocycles. The van der Waals surface area contributed by atoms with E-state index >= 15 is 0 Å². The maximum atomic E-state index is 5.78. The minimum atomic E-state index is 0.670. The van der Waals surface area contributed by atoms with Gasteiger partial charge in [-0.15, -0.1) is 0 Å². The minimum Gasteiger partial charge on any atom is -0.399 e. The Hall–Kier alpha value is -1.51. The maximum absolute atomic E-state index is 5.78. The highest BCUT2D eigenvalue weighted by atomic mass is 15.1. The van der Waals surface area contributed by atoms with Crippen LogP contribution in [-0.2, 0) is 7.05 Å². The van der Waals surface area contributed by atoms with Crippen LogP contribution in [0.4, 0.5) is 5.69 Å². The minimum absolute atomic E-state index is 0.670. The third-order valence-corrected chi connectivity index (χ3v) is 3.41. The summed E-state index contributed by atoms with van der Waals surface area (Å²) in [4.78, 5) is 4.68. The van der Waals surface area contributed by atoms with Crippen LogP contribution in [0.3, 0.4) is 0 Å². The summed E-state index contributed by atoms with van der Waals surface area (Å²) in [6.45, 7) is 0. The molecule has 15 heavy (non-hydrogen) atoms. The van der Waals surface area contributed by atoms with Crippen LogP contribution in [0.2, 0.25) is 0 Å². The van der Waals surface area contributed by atoms with E-state index in [9.17, 15) is 0 Å². The molecular formula is C12H15N3. The zero-order valence-corrected chi connectivity index (χ0v) is 8.90. The van der Waals surface area contributed by atoms with Crippen molar-refractivity contribution >= 4 is 16.7 Å². The van der Waals surface area contributed by atoms with Crippen molar-refractivity contribution in [2.24, 2.45) is 7.05 Å². The molecule has 1 fully saturated rings. The van der Waals surface area contributed by atoms with Gasteiger partial charge in [-0.1, -0.05) is 6.42 Å². The van der Waals surface area contributed by atoms with Crippen LogP contribution in [0.15, 0.2) is 18.2 Å². The first-order valence-corrected chi connectivity index (χ1v) is 5.47. The highest BCUT2D eigenvalue weighted by Crippen LogP contribution is 2.36. The third kappa shape index (κ3) is 1.23. The van der Waals surface area contributed by atoms with Crippen LogP contribution in [0.5, 0.6) is 0 Å². The van der Waals surface area contributed by atoms with E-state index in [1.54, 1.807) is 0 Å². The molecular weight excluding hydrogens is 186 g/mol. The van der Waals surface area contributed by atoms with Crippen molar-refractivity contribution in [1.29, 1.82) is 0 Å². The number of nitrogens with zero attached hydrogens (tertiary/aromatic N) is 2. The Labute approximate surface area is 88.9 Å². The summed E-state index contributed by atoms with van der Waals surface area (Å²) < 4.78 is 2.19. The fourth-order valence-electron chi connectivity index (χ4n) is 2.26. The summed E-state index contributed by atoms with van der Waals surface area (Å²) in [6.07, 6.45) is 3.91. The Morgan fingerprint density at radius 1 is 1.40 bits per heavy atom. The second-order valence-electron chi connectivity index (χ2n) is 4.40. The number of fused-ring (bicyclic) bond motifs is 1. The molecule has 0 amide bonds. The van der Waals surface area contributed by atoms with Gasteiger partial charge in [-0.05, 0) is 31.0 Å². The Kier molecular flexibility index (Phi) is 1.75. The number of benzene rings is 1. The second-order valence-corrected chi connectivity index (χ2v) is 4.40. The number of hydrogen-bond acceptors (Lipinski definition) is 2. The molecule has 0 atom stereocenters. The normalized spacial score (nSPS) is 16.9. The van der Waals surface area contributed by atoms with Crippen molar-refractivity contribution in [3.8, 4) is 0 Å². The van der Waals surface area contributed by atoms with Crippen LogP contribution in [0.1, 0.15) is 31.0 Å². The number of anilines is 1. The fraction of sp³-hybridized carbons (Fsp3) is 0.417. The smallest absolute Gasteiger partial charge is 0.112 e. The molecule has 1 aromatic heterocycles. The Morgan fingerprint density at radius 2 is 2.20 bits per heavy atom. The third-order valence-electron chi connectivity index (χ3n) is 3.41. The highest BCUT2D eigenvalue weighted by molar-refractivity contribution is 5.79. The molecule has 0 spiro atoms. The average molecular weight is 201 g/mol. The van der Waals surface area contributed by atoms with Crippen LogP contribution < -0.4 is 5.73 Å². The van der Waals surface area contributed by atoms with Crippen LogP contribution in [0, 0.1) is 0 Å². The van der Waals surface area contributed by atoms with E-state index in [4.69, 9.17) is 5.73 Å². The molecule has 1 aliphatic carbocycles. The lowest BCUT2D eigenvalue weighted by Crippen LogP contribution is -2.13. The predicted octanol–water partition coefficient (Wildman–Crippen LogP) is 2.42. The van der Waals surface area contributed by atoms with Gasteiger partial charge in [0.15, 0.2) is 0 Å². The van der Waals surface area contributed by atoms with Gasteiger partial charge >= 0.3 is 0 Å². The van der Waals surface area contributed by atoms with Gasteiger partial charge in [0.25, 0.3) is 0 Å². The molecule has 0 radical (unpaired) electrons. The molecule has 3 nitrogen and oxygen atoms in total. The van der Waals surface area contributed by atoms with Gasteiger partial charge in [0.2, 0.25) is 0 Å². The van der Waals surface area contributed by atoms with Crippen molar-refractivity contribution in [2.75, 3.05) is 5.73 Å². The molecule has 3 heteroatoms. The van der Waals surface area contributed by atoms with Gasteiger partial charge in [0.1, 0.15) is 5.82 Å². The molecule has 1 aromatic carbocycles. The number of hydrogen-bond donors (Lipinski definition) is 1. The van der Waals surface area contributed by atoms with E-state index in [-0.39, 0.29) is 0 Å². The van der Waals surface area contributed by atoms with Crippen LogP contribution in [0.25, 0.3) is 11.0 Å². The number of nitrogens with two attached hydrogens (primary N) is 1. The van der Waals surface area contributed by atoms with Gasteiger partial charge in [0.05, 0.1) is 11.0 Å². The molecule has 3 rings (SSSR count). The Balaban J connectivity index is 2.19. The van der Waals surface area contributed by atoms with Gasteiger partial charge in [0, 0.05) is 18.7 Å². The van der Waals surface area contributed by atoms with E-state index in [1.807, 2.05) is 18.2 Å². The van der Waals surface area contributed by atoms with E-state index in [0.29, 0.717) is 5.92 Å². The lowest BCUT2D eigenvalue weighted by molar-refractivity contribution is 0.395. The molecule has 0 saturated heterocycles. The van der Waals surface area contributed by atoms with Crippen molar-refractivity contribution < 1.29 is 0 Å². The maximum Gasteiger partial charge on any atom is 0.112 e. The lowest BCUT2D eigenvalue weighted by atomic mass is 9.85. The first kappa shape index (κ1) is 8.77. The zero-order chi connectivity index (χ0) is 10.4. The molecule has 0 unspecified atom stereocenters. The van der Waals surface area contributed by atoms with Crippen LogP contribution >= 0.6 is 0 Å². The van der Waals surface area contributed by atoms with E-state index in [1.165, 1.54) is 25.1 Å². The molecule has 2 N–H and O–H groups in total. The molecule has 2 aromatic rings. The summed E-state index contributed by atoms with van der Waals surface area (Å²) in [7, 11) is 2.09. The molecule has 78 valence electrons. The molecule has 0 aliphatic heterocycles. The van der Waals surface area contributed by atoms with Crippen molar-refractivity contribution in [2.45, 2.75) is 25.2 Å². The average Bonchev–Trinajstić information content (AvgIpc) is 2.43. The van der Waals surface area contributed by atoms with E-state index in [0.717, 1.165) is 16.7 Å². The second kappa shape index (κ2) is 2.99. The summed E-state index contributed by atoms with van der Waals surface area (Å²) in [5.41, 5.74) is 8.81. The zero-order valence-electron chi connectivity index (χ0n) is 8.90. The Bertz CT molecular complexity index is 509. The van der Waals surface area contributed by atoms with Crippen LogP contribution in [-0.4, -0.2) is 9.55 Å². The predicted molar refractivity (Wildman–Crippen MR) is 61.7 cm³/mol. The largest absolute Gasteiger partial charge is 0.399 e. The quantitative estimate of drug-likeness (QED) is 0.720. The SMILES string of the molecule is Cn1c(C2CCC2)nc2ccc(N)cc21. The van der Waals surface area contributed by atoms with E-state index in [2.05, 4.69) is 16.6 Å². The van der Waals surface area contributed by atoms with Crippen molar-refractivity contribution in [3.63, 3.8) is 0 Å². The fourth-order valence-corrected chi connectivity index (χ4v) is 2.26. The summed E-state index contributed by atoms with van der Waals surface area (Å²) in [6, 6.07) is 5.93. The van der Waals surface area contributed by atoms with Gasteiger partial charge in [-0.2, -0.15) is 0 Å². The highest BCUT2D eigenvalue weighted by Gasteiger charge is 2.24. The topological polar surface area (TPSA) is 43.8 Å². The summed E-state index contributed by atoms with van der Waals surface area (Å²) in [5, 5.41) is 0. The Morgan fingerprint density at radius 3 is 2.87 bits per heavy atom. The molecule has 0 bridgehead atoms. The number of imidazole rings is 1. The summed E-state index contributed by atoms with van der Waals surface area (Å²) >= 11 is 0. The van der Waals surface area contributed by atoms with E-state index < -0.39 is 0 Å². The van der Waals surface area contributed by atoms with Gasteiger partial charge in [-0.25, -0.2) is 4.98 Å². The van der Waals surface area contributed by atoms with Crippen molar-refractivity contribution in [1.82, 2.24) is 9.55 Å². The van der Waals surface area contributed by atoms with Crippen molar-refractivity contribution in [3.05, 3.63) is 24.0 Å². The first-order valence-electron chi connectivity index (χ1n) is 5.47. The van der Waals surface area contributed by atoms with Gasteiger partial charge in [-0.3, -0.25) is 0 Å². The molecule has 1 heterocycles. The monoisotopic (exact) mass is 201 g/mol. The summed E-state index contributed by atoms with van der Waals surface area (Å²) in [5.74, 6) is 1.89. The number of aryl methyl sites for hydroxylation is 1. The first-order chi connectivity index (χ1) is 7.25. The molecule has 1 aliphatic rings. The number of aromatic nitrogens is 2. The number of nitrogen functional groups attached to an aromatic ring is 1. The standard InChI is InChI=1S/C12H15N3/c1-15-11-7-9(13)5-6-10(11)14-12(15)8-3-2-4-8/h5-8H,2-4,13H2,1H3. The lowest BCUT2D eigenvalue weighted by Gasteiger charge is -2.24. The number of rotatable bonds is 1. The van der Waals surface area contributed by atoms with Gasteiger partial charge < -0.3 is 10.3 Å².